The molecular weight excluding hydrogens is 478 g/mol. The third kappa shape index (κ3) is 9.25. The van der Waals surface area contributed by atoms with Gasteiger partial charge in [0.25, 0.3) is 0 Å². The highest BCUT2D eigenvalue weighted by molar-refractivity contribution is 5.84. The fraction of sp³-hybridized carbons (Fsp3) is 0.714. The Morgan fingerprint density at radius 2 is 1.68 bits per heavy atom. The number of hydrogen-bond acceptors (Lipinski definition) is 7. The van der Waals surface area contributed by atoms with E-state index in [4.69, 9.17) is 28.8 Å². The van der Waals surface area contributed by atoms with E-state index in [1.807, 2.05) is 13.8 Å². The minimum absolute atomic E-state index is 0.0790. The van der Waals surface area contributed by atoms with E-state index in [0.29, 0.717) is 17.9 Å². The van der Waals surface area contributed by atoms with Gasteiger partial charge in [-0.25, -0.2) is 4.79 Å². The summed E-state index contributed by atoms with van der Waals surface area (Å²) in [6.45, 7) is 8.25. The average molecular weight is 522 g/mol. The van der Waals surface area contributed by atoms with Crippen LogP contribution in [-0.2, 0) is 34.9 Å². The molecule has 5 atom stereocenters. The van der Waals surface area contributed by atoms with E-state index >= 15 is 0 Å². The molecule has 9 heteroatoms. The Kier molecular flexibility index (Phi) is 11.2. The Morgan fingerprint density at radius 3 is 2.32 bits per heavy atom. The summed E-state index contributed by atoms with van der Waals surface area (Å²) in [4.78, 5) is 23.4. The van der Waals surface area contributed by atoms with E-state index in [1.54, 1.807) is 31.2 Å². The largest absolute Gasteiger partial charge is 0.481 e. The average Bonchev–Trinajstić information content (AvgIpc) is 3.30. The summed E-state index contributed by atoms with van der Waals surface area (Å²) in [5.74, 6) is -1.68. The lowest BCUT2D eigenvalue weighted by Crippen LogP contribution is -2.43. The molecule has 208 valence electrons. The van der Waals surface area contributed by atoms with Crippen LogP contribution in [0.15, 0.2) is 24.3 Å². The number of ether oxygens (including phenoxy) is 5. The molecule has 0 aromatic heterocycles. The highest BCUT2D eigenvalue weighted by Gasteiger charge is 2.57. The van der Waals surface area contributed by atoms with Crippen LogP contribution in [0, 0.1) is 0 Å². The third-order valence-electron chi connectivity index (χ3n) is 6.65. The third-order valence-corrected chi connectivity index (χ3v) is 6.65. The number of hydrogen-bond donors (Lipinski definition) is 2. The van der Waals surface area contributed by atoms with Crippen molar-refractivity contribution in [3.05, 3.63) is 29.8 Å². The van der Waals surface area contributed by atoms with Crippen LogP contribution < -0.4 is 5.32 Å². The molecule has 2 aliphatic rings. The van der Waals surface area contributed by atoms with E-state index in [1.165, 1.54) is 38.5 Å². The van der Waals surface area contributed by atoms with Crippen LogP contribution in [0.25, 0.3) is 0 Å². The molecule has 2 saturated heterocycles. The number of anilines is 1. The maximum atomic E-state index is 12.5. The van der Waals surface area contributed by atoms with E-state index < -0.39 is 48.6 Å². The minimum atomic E-state index is -0.911. The first-order valence-electron chi connectivity index (χ1n) is 13.6. The number of aliphatic carboxylic acids is 1. The van der Waals surface area contributed by atoms with Crippen LogP contribution >= 0.6 is 0 Å². The van der Waals surface area contributed by atoms with E-state index in [0.717, 1.165) is 12.8 Å². The Labute approximate surface area is 220 Å². The molecule has 0 unspecified atom stereocenters. The Bertz CT molecular complexity index is 858. The zero-order chi connectivity index (χ0) is 26.8. The Hall–Kier alpha value is -2.20. The quantitative estimate of drug-likeness (QED) is 0.285. The molecule has 0 spiro atoms. The monoisotopic (exact) mass is 521 g/mol. The highest BCUT2D eigenvalue weighted by Crippen LogP contribution is 2.40. The molecule has 2 N–H and O–H groups in total. The van der Waals surface area contributed by atoms with Gasteiger partial charge in [0.15, 0.2) is 12.1 Å². The smallest absolute Gasteiger partial charge is 0.411 e. The van der Waals surface area contributed by atoms with Gasteiger partial charge in [-0.1, -0.05) is 64.0 Å². The van der Waals surface area contributed by atoms with Crippen molar-refractivity contribution in [1.29, 1.82) is 0 Å². The van der Waals surface area contributed by atoms with Crippen LogP contribution in [0.4, 0.5) is 10.5 Å². The predicted molar refractivity (Wildman–Crippen MR) is 138 cm³/mol. The molecule has 2 heterocycles. The van der Waals surface area contributed by atoms with Gasteiger partial charge >= 0.3 is 12.1 Å². The predicted octanol–water partition coefficient (Wildman–Crippen LogP) is 5.65. The van der Waals surface area contributed by atoms with Gasteiger partial charge in [-0.2, -0.15) is 0 Å². The van der Waals surface area contributed by atoms with Gasteiger partial charge in [-0.05, 0) is 44.9 Å². The van der Waals surface area contributed by atoms with Crippen molar-refractivity contribution < 1.29 is 38.4 Å². The molecule has 0 bridgehead atoms. The first kappa shape index (κ1) is 29.4. The number of carbonyl (C=O) groups excluding carboxylic acids is 1. The second kappa shape index (κ2) is 14.1. The maximum Gasteiger partial charge on any atom is 0.411 e. The van der Waals surface area contributed by atoms with Crippen molar-refractivity contribution in [3.63, 3.8) is 0 Å². The normalized spacial score (nSPS) is 25.0. The summed E-state index contributed by atoms with van der Waals surface area (Å²) >= 11 is 0. The number of rotatable bonds is 15. The molecule has 2 fully saturated rings. The van der Waals surface area contributed by atoms with Crippen molar-refractivity contribution >= 4 is 17.7 Å². The number of carboxylic acid groups (broad SMARTS) is 1. The Balaban J connectivity index is 1.48. The highest BCUT2D eigenvalue weighted by atomic mass is 16.8. The SMILES string of the molecule is CCCCCCCCCCO[C@@H]1[C@H]2OC(C)(C)O[C@H]2O[C@@H]1[C@@H](C)OC(=O)Nc1ccc(CC(=O)O)cc1. The zero-order valence-corrected chi connectivity index (χ0v) is 22.6. The van der Waals surface area contributed by atoms with Crippen LogP contribution in [0.2, 0.25) is 0 Å². The van der Waals surface area contributed by atoms with Crippen molar-refractivity contribution in [2.45, 2.75) is 122 Å². The molecular formula is C28H43NO8. The van der Waals surface area contributed by atoms with Gasteiger partial charge < -0.3 is 28.8 Å². The van der Waals surface area contributed by atoms with Crippen molar-refractivity contribution in [2.75, 3.05) is 11.9 Å². The van der Waals surface area contributed by atoms with Crippen molar-refractivity contribution in [3.8, 4) is 0 Å². The van der Waals surface area contributed by atoms with Gasteiger partial charge in [-0.3, -0.25) is 10.1 Å². The van der Waals surface area contributed by atoms with Gasteiger partial charge in [0.05, 0.1) is 6.42 Å². The van der Waals surface area contributed by atoms with Gasteiger partial charge in [0, 0.05) is 12.3 Å². The molecule has 1 amide bonds. The lowest BCUT2D eigenvalue weighted by atomic mass is 10.1. The molecule has 3 rings (SSSR count). The number of carboxylic acids is 1. The van der Waals surface area contributed by atoms with Crippen LogP contribution in [0.1, 0.15) is 84.6 Å². The number of benzene rings is 1. The number of carbonyl (C=O) groups is 2. The van der Waals surface area contributed by atoms with Gasteiger partial charge in [0.2, 0.25) is 0 Å². The lowest BCUT2D eigenvalue weighted by molar-refractivity contribution is -0.228. The van der Waals surface area contributed by atoms with Crippen molar-refractivity contribution in [2.24, 2.45) is 0 Å². The molecule has 9 nitrogen and oxygen atoms in total. The molecule has 2 aliphatic heterocycles. The van der Waals surface area contributed by atoms with Crippen LogP contribution in [-0.4, -0.2) is 60.3 Å². The first-order valence-corrected chi connectivity index (χ1v) is 13.6. The Morgan fingerprint density at radius 1 is 1.03 bits per heavy atom. The summed E-state index contributed by atoms with van der Waals surface area (Å²) < 4.78 is 29.9. The van der Waals surface area contributed by atoms with Gasteiger partial charge in [-0.15, -0.1) is 0 Å². The summed E-state index contributed by atoms with van der Waals surface area (Å²) in [6.07, 6.45) is 6.42. The molecule has 37 heavy (non-hydrogen) atoms. The van der Waals surface area contributed by atoms with Crippen molar-refractivity contribution in [1.82, 2.24) is 0 Å². The molecule has 0 saturated carbocycles. The summed E-state index contributed by atoms with van der Waals surface area (Å²) in [5, 5.41) is 11.6. The van der Waals surface area contributed by atoms with E-state index in [2.05, 4.69) is 12.2 Å². The second-order valence-electron chi connectivity index (χ2n) is 10.4. The van der Waals surface area contributed by atoms with Gasteiger partial charge in [0.1, 0.15) is 24.4 Å². The van der Waals surface area contributed by atoms with E-state index in [9.17, 15) is 9.59 Å². The topological polar surface area (TPSA) is 113 Å². The zero-order valence-electron chi connectivity index (χ0n) is 22.6. The molecule has 1 aromatic rings. The fourth-order valence-electron chi connectivity index (χ4n) is 4.79. The van der Waals surface area contributed by atoms with Crippen LogP contribution in [0.3, 0.4) is 0 Å². The number of nitrogens with one attached hydrogen (secondary N) is 1. The van der Waals surface area contributed by atoms with E-state index in [-0.39, 0.29) is 6.42 Å². The fourth-order valence-corrected chi connectivity index (χ4v) is 4.79. The summed E-state index contributed by atoms with van der Waals surface area (Å²) in [6, 6.07) is 6.58. The number of fused-ring (bicyclic) bond motifs is 1. The molecule has 0 radical (unpaired) electrons. The molecule has 1 aromatic carbocycles. The number of amides is 1. The summed E-state index contributed by atoms with van der Waals surface area (Å²) in [7, 11) is 0. The summed E-state index contributed by atoms with van der Waals surface area (Å²) in [5.41, 5.74) is 1.15. The standard InChI is InChI=1S/C28H43NO8/c1-5-6-7-8-9-10-11-12-17-33-24-23(35-26-25(24)36-28(3,4)37-26)19(2)34-27(32)29-21-15-13-20(14-16-21)18-22(30)31/h13-16,19,23-26H,5-12,17-18H2,1-4H3,(H,29,32)(H,30,31)/t19-,23-,24+,25-,26-/m1/s1. The van der Waals surface area contributed by atoms with Crippen LogP contribution in [0.5, 0.6) is 0 Å². The molecule has 0 aliphatic carbocycles. The lowest BCUT2D eigenvalue weighted by Gasteiger charge is -2.29. The maximum absolute atomic E-state index is 12.5. The minimum Gasteiger partial charge on any atom is -0.481 e. The first-order chi connectivity index (χ1) is 17.7. The number of unbranched alkanes of at least 4 members (excludes halogenated alkanes) is 7. The second-order valence-corrected chi connectivity index (χ2v) is 10.4.